The van der Waals surface area contributed by atoms with Crippen molar-refractivity contribution in [3.05, 3.63) is 22.7 Å². The molecule has 0 saturated heterocycles. The lowest BCUT2D eigenvalue weighted by atomic mass is 10.3. The predicted molar refractivity (Wildman–Crippen MR) is 61.6 cm³/mol. The molecule has 2 heterocycles. The fraction of sp³-hybridized carbons (Fsp3) is 0.222. The molecule has 0 aliphatic rings. The average Bonchev–Trinajstić information content (AvgIpc) is 2.99. The van der Waals surface area contributed by atoms with Crippen LogP contribution in [0.3, 0.4) is 0 Å². The van der Waals surface area contributed by atoms with E-state index >= 15 is 0 Å². The second-order valence-corrected chi connectivity index (χ2v) is 4.34. The van der Waals surface area contributed by atoms with Crippen LogP contribution in [0.15, 0.2) is 17.8 Å². The van der Waals surface area contributed by atoms with E-state index in [1.165, 1.54) is 29.3 Å². The molecule has 18 heavy (non-hydrogen) atoms. The van der Waals surface area contributed by atoms with Gasteiger partial charge in [-0.25, -0.2) is 0 Å². The topological polar surface area (TPSA) is 110 Å². The fourth-order valence-electron chi connectivity index (χ4n) is 1.25. The molecule has 0 fully saturated rings. The predicted octanol–water partition coefficient (Wildman–Crippen LogP) is -0.0733. The Bertz CT molecular complexity index is 565. The highest BCUT2D eigenvalue weighted by Crippen LogP contribution is 2.19. The molecule has 2 aromatic heterocycles. The van der Waals surface area contributed by atoms with Gasteiger partial charge in [0.2, 0.25) is 0 Å². The highest BCUT2D eigenvalue weighted by atomic mass is 32.1. The van der Waals surface area contributed by atoms with Crippen LogP contribution in [0, 0.1) is 0 Å². The molecular formula is C9H9N5O3S. The number of carbonyl (C=O) groups is 2. The van der Waals surface area contributed by atoms with Crippen molar-refractivity contribution in [1.82, 2.24) is 25.5 Å². The summed E-state index contributed by atoms with van der Waals surface area (Å²) in [5, 5.41) is 23.5. The van der Waals surface area contributed by atoms with E-state index in [9.17, 15) is 9.59 Å². The zero-order chi connectivity index (χ0) is 13.1. The fourth-order valence-corrected chi connectivity index (χ4v) is 2.03. The molecule has 2 aromatic rings. The number of carboxylic acids is 1. The average molecular weight is 267 g/mol. The van der Waals surface area contributed by atoms with Crippen LogP contribution in [0.2, 0.25) is 0 Å². The van der Waals surface area contributed by atoms with Crippen LogP contribution in [0.5, 0.6) is 0 Å². The number of thiophene rings is 1. The van der Waals surface area contributed by atoms with E-state index < -0.39 is 17.9 Å². The molecule has 0 bridgehead atoms. The van der Waals surface area contributed by atoms with E-state index in [2.05, 4.69) is 20.8 Å². The minimum atomic E-state index is -1.09. The number of carboxylic acid groups (broad SMARTS) is 1. The molecule has 1 atom stereocenters. The van der Waals surface area contributed by atoms with Gasteiger partial charge < -0.3 is 10.4 Å². The minimum absolute atomic E-state index is 0.357. The number of rotatable bonds is 4. The Balaban J connectivity index is 2.22. The molecule has 94 valence electrons. The third-order valence-electron chi connectivity index (χ3n) is 2.16. The van der Waals surface area contributed by atoms with Crippen molar-refractivity contribution in [3.63, 3.8) is 0 Å². The van der Waals surface area contributed by atoms with Crippen molar-refractivity contribution in [2.45, 2.75) is 13.0 Å². The Kier molecular flexibility index (Phi) is 3.33. The molecule has 2 N–H and O–H groups in total. The largest absolute Gasteiger partial charge is 0.480 e. The van der Waals surface area contributed by atoms with E-state index in [1.54, 1.807) is 11.4 Å². The lowest BCUT2D eigenvalue weighted by molar-refractivity contribution is -0.138. The van der Waals surface area contributed by atoms with Gasteiger partial charge in [-0.05, 0) is 28.8 Å². The number of nitrogens with zero attached hydrogens (tertiary/aromatic N) is 4. The molecule has 0 radical (unpaired) electrons. The van der Waals surface area contributed by atoms with E-state index in [0.29, 0.717) is 10.6 Å². The van der Waals surface area contributed by atoms with Gasteiger partial charge in [0.25, 0.3) is 5.91 Å². The van der Waals surface area contributed by atoms with Crippen molar-refractivity contribution < 1.29 is 14.7 Å². The summed E-state index contributed by atoms with van der Waals surface area (Å²) in [6, 6.07) is 0.725. The van der Waals surface area contributed by atoms with Crippen LogP contribution >= 0.6 is 11.3 Å². The summed E-state index contributed by atoms with van der Waals surface area (Å²) in [7, 11) is 0. The van der Waals surface area contributed by atoms with Gasteiger partial charge in [0.05, 0.1) is 5.69 Å². The maximum Gasteiger partial charge on any atom is 0.325 e. The highest BCUT2D eigenvalue weighted by molar-refractivity contribution is 7.12. The molecule has 0 aliphatic carbocycles. The quantitative estimate of drug-likeness (QED) is 0.802. The number of aromatic nitrogens is 4. The number of tetrazole rings is 1. The second-order valence-electron chi connectivity index (χ2n) is 3.42. The molecule has 8 nitrogen and oxygen atoms in total. The van der Waals surface area contributed by atoms with Gasteiger partial charge in [0.1, 0.15) is 17.2 Å². The molecule has 0 unspecified atom stereocenters. The molecule has 0 aromatic carbocycles. The van der Waals surface area contributed by atoms with Gasteiger partial charge in [0, 0.05) is 0 Å². The first-order valence-corrected chi connectivity index (χ1v) is 5.82. The van der Waals surface area contributed by atoms with Gasteiger partial charge in [-0.1, -0.05) is 0 Å². The lowest BCUT2D eigenvalue weighted by Gasteiger charge is -2.08. The lowest BCUT2D eigenvalue weighted by Crippen LogP contribution is -2.38. The Morgan fingerprint density at radius 2 is 2.33 bits per heavy atom. The standard InChI is InChI=1S/C9H9N5O3S/c1-5(9(16)17)11-8(15)7-6(2-3-18-7)14-4-10-12-13-14/h2-5H,1H3,(H,11,15)(H,16,17)/t5-/m0/s1. The zero-order valence-electron chi connectivity index (χ0n) is 9.27. The molecular weight excluding hydrogens is 258 g/mol. The number of nitrogens with one attached hydrogen (secondary N) is 1. The molecule has 0 saturated carbocycles. The summed E-state index contributed by atoms with van der Waals surface area (Å²) in [6.45, 7) is 1.39. The highest BCUT2D eigenvalue weighted by Gasteiger charge is 2.20. The maximum absolute atomic E-state index is 11.9. The molecule has 0 aliphatic heterocycles. The van der Waals surface area contributed by atoms with Crippen molar-refractivity contribution >= 4 is 23.2 Å². The first kappa shape index (κ1) is 12.2. The van der Waals surface area contributed by atoms with Crippen LogP contribution < -0.4 is 5.32 Å². The third kappa shape index (κ3) is 2.35. The van der Waals surface area contributed by atoms with Gasteiger partial charge in [-0.2, -0.15) is 4.68 Å². The van der Waals surface area contributed by atoms with E-state index in [4.69, 9.17) is 5.11 Å². The first-order chi connectivity index (χ1) is 8.59. The van der Waals surface area contributed by atoms with Crippen LogP contribution in [-0.2, 0) is 4.79 Å². The SMILES string of the molecule is C[C@H](NC(=O)c1sccc1-n1cnnn1)C(=O)O. The van der Waals surface area contributed by atoms with Crippen LogP contribution in [-0.4, -0.2) is 43.2 Å². The normalized spacial score (nSPS) is 12.1. The summed E-state index contributed by atoms with van der Waals surface area (Å²) in [5.74, 6) is -1.56. The number of hydrogen-bond donors (Lipinski definition) is 2. The number of hydrogen-bond acceptors (Lipinski definition) is 6. The van der Waals surface area contributed by atoms with Crippen molar-refractivity contribution in [1.29, 1.82) is 0 Å². The van der Waals surface area contributed by atoms with Crippen LogP contribution in [0.1, 0.15) is 16.6 Å². The van der Waals surface area contributed by atoms with Gasteiger partial charge in [-0.15, -0.1) is 16.4 Å². The zero-order valence-corrected chi connectivity index (χ0v) is 10.1. The summed E-state index contributed by atoms with van der Waals surface area (Å²) >= 11 is 1.19. The molecule has 9 heteroatoms. The number of aliphatic carboxylic acids is 1. The Morgan fingerprint density at radius 1 is 1.56 bits per heavy atom. The summed E-state index contributed by atoms with van der Waals surface area (Å²) in [5.41, 5.74) is 0.514. The van der Waals surface area contributed by atoms with Crippen LogP contribution in [0.4, 0.5) is 0 Å². The minimum Gasteiger partial charge on any atom is -0.480 e. The summed E-state index contributed by atoms with van der Waals surface area (Å²) in [4.78, 5) is 22.9. The number of amides is 1. The van der Waals surface area contributed by atoms with Crippen LogP contribution in [0.25, 0.3) is 5.69 Å². The number of carbonyl (C=O) groups excluding carboxylic acids is 1. The van der Waals surface area contributed by atoms with Gasteiger partial charge in [0.15, 0.2) is 0 Å². The second kappa shape index (κ2) is 4.92. The van der Waals surface area contributed by atoms with Crippen molar-refractivity contribution in [2.75, 3.05) is 0 Å². The molecule has 2 rings (SSSR count). The maximum atomic E-state index is 11.9. The van der Waals surface area contributed by atoms with E-state index in [1.807, 2.05) is 0 Å². The molecule has 1 amide bonds. The molecule has 0 spiro atoms. The van der Waals surface area contributed by atoms with E-state index in [0.717, 1.165) is 0 Å². The van der Waals surface area contributed by atoms with E-state index in [-0.39, 0.29) is 0 Å². The van der Waals surface area contributed by atoms with Crippen molar-refractivity contribution in [3.8, 4) is 5.69 Å². The monoisotopic (exact) mass is 267 g/mol. The Hall–Kier alpha value is -2.29. The third-order valence-corrected chi connectivity index (χ3v) is 3.07. The van der Waals surface area contributed by atoms with Gasteiger partial charge >= 0.3 is 5.97 Å². The van der Waals surface area contributed by atoms with Crippen molar-refractivity contribution in [2.24, 2.45) is 0 Å². The first-order valence-electron chi connectivity index (χ1n) is 4.94. The smallest absolute Gasteiger partial charge is 0.325 e. The Labute approximate surface area is 105 Å². The summed E-state index contributed by atoms with van der Waals surface area (Å²) in [6.07, 6.45) is 1.36. The Morgan fingerprint density at radius 3 is 2.94 bits per heavy atom. The van der Waals surface area contributed by atoms with Gasteiger partial charge in [-0.3, -0.25) is 9.59 Å². The summed E-state index contributed by atoms with van der Waals surface area (Å²) < 4.78 is 1.34.